The zero-order valence-corrected chi connectivity index (χ0v) is 26.3. The summed E-state index contributed by atoms with van der Waals surface area (Å²) in [5.41, 5.74) is 4.56. The standard InChI is InChI=1S/C38H40N4O5/c43-25-27-11-13-28(14-12-27)34-23-33(24-41-21-19-38(20-22-41)37(45)39-26-42(38)32-9-5-2-6-10-32)46-36(47-34)30-15-17-31(18-16-30)40-35(44)29-7-3-1-4-8-29/h1-18,33-34,36,43H,19-26H2,(H,39,45)(H,40,44). The van der Waals surface area contributed by atoms with Crippen molar-refractivity contribution in [1.29, 1.82) is 0 Å². The van der Waals surface area contributed by atoms with E-state index in [1.807, 2.05) is 84.9 Å². The Morgan fingerprint density at radius 2 is 1.51 bits per heavy atom. The van der Waals surface area contributed by atoms with Crippen molar-refractivity contribution in [2.75, 3.05) is 36.5 Å². The van der Waals surface area contributed by atoms with Crippen LogP contribution in [0.2, 0.25) is 0 Å². The molecule has 9 heteroatoms. The van der Waals surface area contributed by atoms with Crippen molar-refractivity contribution in [2.24, 2.45) is 0 Å². The maximum atomic E-state index is 13.2. The van der Waals surface area contributed by atoms with Gasteiger partial charge in [0, 0.05) is 48.6 Å². The fourth-order valence-electron chi connectivity index (χ4n) is 6.98. The number of likely N-dealkylation sites (tertiary alicyclic amines) is 1. The second-order valence-corrected chi connectivity index (χ2v) is 12.6. The minimum absolute atomic E-state index is 0.0104. The first-order valence-corrected chi connectivity index (χ1v) is 16.3. The molecule has 1 spiro atoms. The number of ether oxygens (including phenoxy) is 2. The van der Waals surface area contributed by atoms with Gasteiger partial charge in [-0.15, -0.1) is 0 Å². The number of aliphatic hydroxyl groups is 1. The first kappa shape index (κ1) is 31.1. The Morgan fingerprint density at radius 1 is 0.851 bits per heavy atom. The van der Waals surface area contributed by atoms with Gasteiger partial charge in [0.1, 0.15) is 5.54 Å². The van der Waals surface area contributed by atoms with E-state index in [1.165, 1.54) is 0 Å². The van der Waals surface area contributed by atoms with Gasteiger partial charge in [0.25, 0.3) is 5.91 Å². The molecule has 0 saturated carbocycles. The molecular weight excluding hydrogens is 592 g/mol. The lowest BCUT2D eigenvalue weighted by atomic mass is 9.85. The second-order valence-electron chi connectivity index (χ2n) is 12.6. The molecule has 3 N–H and O–H groups in total. The molecule has 0 aliphatic carbocycles. The lowest BCUT2D eigenvalue weighted by Crippen LogP contribution is -2.57. The Labute approximate surface area is 275 Å². The van der Waals surface area contributed by atoms with E-state index in [1.54, 1.807) is 12.1 Å². The third kappa shape index (κ3) is 6.66. The third-order valence-corrected chi connectivity index (χ3v) is 9.64. The van der Waals surface area contributed by atoms with Gasteiger partial charge < -0.3 is 35.0 Å². The fraction of sp³-hybridized carbons (Fsp3) is 0.316. The van der Waals surface area contributed by atoms with Gasteiger partial charge in [-0.05, 0) is 60.4 Å². The van der Waals surface area contributed by atoms with Gasteiger partial charge in [0.15, 0.2) is 6.29 Å². The number of piperidine rings is 1. The molecule has 0 bridgehead atoms. The van der Waals surface area contributed by atoms with Crippen LogP contribution < -0.4 is 15.5 Å². The topological polar surface area (TPSA) is 103 Å². The van der Waals surface area contributed by atoms with Crippen LogP contribution >= 0.6 is 0 Å². The Bertz CT molecular complexity index is 1660. The second kappa shape index (κ2) is 13.7. The van der Waals surface area contributed by atoms with Crippen LogP contribution in [0.5, 0.6) is 0 Å². The summed E-state index contributed by atoms with van der Waals surface area (Å²) < 4.78 is 13.2. The first-order valence-electron chi connectivity index (χ1n) is 16.3. The van der Waals surface area contributed by atoms with E-state index in [0.717, 1.165) is 54.9 Å². The smallest absolute Gasteiger partial charge is 0.255 e. The third-order valence-electron chi connectivity index (χ3n) is 9.64. The molecule has 3 heterocycles. The molecule has 3 fully saturated rings. The van der Waals surface area contributed by atoms with E-state index in [0.29, 0.717) is 24.3 Å². The molecular formula is C38H40N4O5. The molecule has 242 valence electrons. The van der Waals surface area contributed by atoms with Crippen molar-refractivity contribution in [3.05, 3.63) is 131 Å². The first-order chi connectivity index (χ1) is 23.0. The number of hydrogen-bond donors (Lipinski definition) is 3. The van der Waals surface area contributed by atoms with Crippen molar-refractivity contribution in [3.63, 3.8) is 0 Å². The number of benzene rings is 4. The Kier molecular flexibility index (Phi) is 9.04. The molecule has 3 unspecified atom stereocenters. The zero-order valence-electron chi connectivity index (χ0n) is 26.3. The monoisotopic (exact) mass is 632 g/mol. The van der Waals surface area contributed by atoms with Crippen LogP contribution in [0.15, 0.2) is 109 Å². The van der Waals surface area contributed by atoms with Crippen molar-refractivity contribution in [2.45, 2.75) is 49.9 Å². The number of anilines is 2. The van der Waals surface area contributed by atoms with Crippen LogP contribution in [0, 0.1) is 0 Å². The molecule has 3 atom stereocenters. The summed E-state index contributed by atoms with van der Waals surface area (Å²) in [6, 6.07) is 34.8. The maximum absolute atomic E-state index is 13.2. The summed E-state index contributed by atoms with van der Waals surface area (Å²) in [6.07, 6.45) is 1.25. The predicted molar refractivity (Wildman–Crippen MR) is 180 cm³/mol. The molecule has 3 saturated heterocycles. The average Bonchev–Trinajstić information content (AvgIpc) is 3.44. The van der Waals surface area contributed by atoms with Crippen molar-refractivity contribution in [3.8, 4) is 0 Å². The summed E-state index contributed by atoms with van der Waals surface area (Å²) in [5, 5.41) is 15.6. The highest BCUT2D eigenvalue weighted by molar-refractivity contribution is 6.04. The number of para-hydroxylation sites is 1. The molecule has 3 aliphatic rings. The minimum Gasteiger partial charge on any atom is -0.392 e. The number of aliphatic hydroxyl groups excluding tert-OH is 1. The summed E-state index contributed by atoms with van der Waals surface area (Å²) in [7, 11) is 0. The fourth-order valence-corrected chi connectivity index (χ4v) is 6.98. The number of carbonyl (C=O) groups excluding carboxylic acids is 2. The van der Waals surface area contributed by atoms with Crippen LogP contribution in [0.25, 0.3) is 0 Å². The van der Waals surface area contributed by atoms with E-state index in [4.69, 9.17) is 9.47 Å². The van der Waals surface area contributed by atoms with Crippen molar-refractivity contribution < 1.29 is 24.2 Å². The van der Waals surface area contributed by atoms with E-state index < -0.39 is 11.8 Å². The normalized spacial score (nSPS) is 22.6. The van der Waals surface area contributed by atoms with E-state index in [2.05, 4.69) is 32.6 Å². The number of nitrogens with one attached hydrogen (secondary N) is 2. The van der Waals surface area contributed by atoms with E-state index >= 15 is 0 Å². The highest BCUT2D eigenvalue weighted by Gasteiger charge is 2.50. The van der Waals surface area contributed by atoms with Gasteiger partial charge >= 0.3 is 0 Å². The number of hydrogen-bond acceptors (Lipinski definition) is 7. The molecule has 4 aromatic carbocycles. The molecule has 47 heavy (non-hydrogen) atoms. The predicted octanol–water partition coefficient (Wildman–Crippen LogP) is 5.41. The van der Waals surface area contributed by atoms with Crippen molar-refractivity contribution >= 4 is 23.2 Å². The molecule has 4 aromatic rings. The van der Waals surface area contributed by atoms with Gasteiger partial charge in [-0.25, -0.2) is 0 Å². The summed E-state index contributed by atoms with van der Waals surface area (Å²) in [5.74, 6) is -0.0570. The average molecular weight is 633 g/mol. The Balaban J connectivity index is 1.05. The van der Waals surface area contributed by atoms with E-state index in [9.17, 15) is 14.7 Å². The van der Waals surface area contributed by atoms with Gasteiger partial charge in [0.05, 0.1) is 25.5 Å². The van der Waals surface area contributed by atoms with Crippen molar-refractivity contribution in [1.82, 2.24) is 10.2 Å². The summed E-state index contributed by atoms with van der Waals surface area (Å²) >= 11 is 0. The molecule has 3 aliphatic heterocycles. The van der Waals surface area contributed by atoms with Crippen LogP contribution in [-0.4, -0.2) is 59.8 Å². The molecule has 9 nitrogen and oxygen atoms in total. The SMILES string of the molecule is O=C(Nc1ccc(C2OC(CN3CCC4(CC3)C(=O)NCN4c3ccccc3)CC(c3ccc(CO)cc3)O2)cc1)c1ccccc1. The molecule has 0 aromatic heterocycles. The zero-order chi connectivity index (χ0) is 32.2. The Morgan fingerprint density at radius 3 is 2.19 bits per heavy atom. The number of rotatable bonds is 8. The van der Waals surface area contributed by atoms with Crippen LogP contribution in [0.3, 0.4) is 0 Å². The van der Waals surface area contributed by atoms with Crippen LogP contribution in [0.4, 0.5) is 11.4 Å². The van der Waals surface area contributed by atoms with Gasteiger partial charge in [-0.1, -0.05) is 72.8 Å². The quantitative estimate of drug-likeness (QED) is 0.239. The highest BCUT2D eigenvalue weighted by Crippen LogP contribution is 2.40. The van der Waals surface area contributed by atoms with Gasteiger partial charge in [0.2, 0.25) is 5.91 Å². The van der Waals surface area contributed by atoms with Gasteiger partial charge in [-0.3, -0.25) is 9.59 Å². The summed E-state index contributed by atoms with van der Waals surface area (Å²) in [6.45, 7) is 2.81. The maximum Gasteiger partial charge on any atom is 0.255 e. The number of amides is 2. The number of carbonyl (C=O) groups is 2. The largest absolute Gasteiger partial charge is 0.392 e. The molecule has 0 radical (unpaired) electrons. The van der Waals surface area contributed by atoms with Crippen LogP contribution in [-0.2, 0) is 20.9 Å². The van der Waals surface area contributed by atoms with E-state index in [-0.39, 0.29) is 30.6 Å². The summed E-state index contributed by atoms with van der Waals surface area (Å²) in [4.78, 5) is 30.5. The number of nitrogens with zero attached hydrogens (tertiary/aromatic N) is 2. The van der Waals surface area contributed by atoms with Gasteiger partial charge in [-0.2, -0.15) is 0 Å². The molecule has 7 rings (SSSR count). The highest BCUT2D eigenvalue weighted by atomic mass is 16.7. The van der Waals surface area contributed by atoms with Crippen LogP contribution in [0.1, 0.15) is 58.7 Å². The lowest BCUT2D eigenvalue weighted by molar-refractivity contribution is -0.253. The Hall–Kier alpha value is -4.54. The lowest BCUT2D eigenvalue weighted by Gasteiger charge is -2.45. The molecule has 2 amide bonds. The minimum atomic E-state index is -0.597.